The van der Waals surface area contributed by atoms with Crippen molar-refractivity contribution in [1.82, 2.24) is 9.88 Å². The summed E-state index contributed by atoms with van der Waals surface area (Å²) in [4.78, 5) is 28.2. The van der Waals surface area contributed by atoms with Crippen molar-refractivity contribution in [3.05, 3.63) is 59.4 Å². The minimum absolute atomic E-state index is 0.121. The third-order valence-electron chi connectivity index (χ3n) is 6.02. The quantitative estimate of drug-likeness (QED) is 0.672. The van der Waals surface area contributed by atoms with Gasteiger partial charge < -0.3 is 19.5 Å². The van der Waals surface area contributed by atoms with Gasteiger partial charge in [0, 0.05) is 31.0 Å². The predicted molar refractivity (Wildman–Crippen MR) is 122 cm³/mol. The molecule has 0 aliphatic carbocycles. The highest BCUT2D eigenvalue weighted by Gasteiger charge is 2.52. The summed E-state index contributed by atoms with van der Waals surface area (Å²) in [5, 5.41) is 7.12. The molecule has 3 aliphatic heterocycles. The van der Waals surface area contributed by atoms with E-state index in [9.17, 15) is 18.0 Å². The van der Waals surface area contributed by atoms with Crippen LogP contribution in [0.2, 0.25) is 0 Å². The number of pyridine rings is 1. The highest BCUT2D eigenvalue weighted by Crippen LogP contribution is 2.46. The Morgan fingerprint density at radius 2 is 1.94 bits per heavy atom. The lowest BCUT2D eigenvalue weighted by Crippen LogP contribution is -2.63. The van der Waals surface area contributed by atoms with Gasteiger partial charge in [0.25, 0.3) is 5.91 Å². The maximum absolute atomic E-state index is 12.8. The molecule has 5 rings (SSSR count). The van der Waals surface area contributed by atoms with E-state index in [-0.39, 0.29) is 22.9 Å². The van der Waals surface area contributed by atoms with Crippen molar-refractivity contribution in [2.24, 2.45) is 0 Å². The summed E-state index contributed by atoms with van der Waals surface area (Å²) in [6.45, 7) is 4.15. The molecular formula is C24H25F3N2O5S. The average molecular weight is 511 g/mol. The number of rotatable bonds is 4. The minimum Gasteiger partial charge on any atom is -0.480 e. The SMILES string of the molecule is Cc1cccc(COC2CSC3(C2)CN(C(=O)C2Cc4ccccc4O2)C3)n1.O=C(O)C(F)(F)F. The molecule has 0 radical (unpaired) electrons. The van der Waals surface area contributed by atoms with Gasteiger partial charge in [0.15, 0.2) is 6.10 Å². The van der Waals surface area contributed by atoms with E-state index in [1.54, 1.807) is 0 Å². The highest BCUT2D eigenvalue weighted by atomic mass is 32.2. The zero-order valence-corrected chi connectivity index (χ0v) is 19.8. The Morgan fingerprint density at radius 1 is 1.23 bits per heavy atom. The van der Waals surface area contributed by atoms with E-state index in [1.165, 1.54) is 0 Å². The molecular weight excluding hydrogens is 485 g/mol. The van der Waals surface area contributed by atoms with Gasteiger partial charge in [0.2, 0.25) is 0 Å². The number of carbonyl (C=O) groups excluding carboxylic acids is 1. The molecule has 3 aliphatic rings. The summed E-state index contributed by atoms with van der Waals surface area (Å²) in [6.07, 6.45) is -3.53. The number of aryl methyl sites for hydroxylation is 1. The first kappa shape index (κ1) is 25.3. The van der Waals surface area contributed by atoms with E-state index in [1.807, 2.05) is 66.1 Å². The van der Waals surface area contributed by atoms with Crippen LogP contribution < -0.4 is 4.74 Å². The number of aromatic nitrogens is 1. The van der Waals surface area contributed by atoms with Crippen molar-refractivity contribution < 1.29 is 37.3 Å². The van der Waals surface area contributed by atoms with Gasteiger partial charge in [-0.2, -0.15) is 13.2 Å². The van der Waals surface area contributed by atoms with Crippen LogP contribution in [-0.4, -0.2) is 68.8 Å². The number of para-hydroxylation sites is 1. The fourth-order valence-corrected chi connectivity index (χ4v) is 5.89. The van der Waals surface area contributed by atoms with Gasteiger partial charge in [-0.3, -0.25) is 9.78 Å². The van der Waals surface area contributed by atoms with Gasteiger partial charge in [-0.1, -0.05) is 24.3 Å². The number of nitrogens with zero attached hydrogens (tertiary/aromatic N) is 2. The Kier molecular flexibility index (Phi) is 7.27. The van der Waals surface area contributed by atoms with E-state index in [0.717, 1.165) is 48.0 Å². The molecule has 11 heteroatoms. The van der Waals surface area contributed by atoms with Crippen molar-refractivity contribution in [2.75, 3.05) is 18.8 Å². The molecule has 1 aromatic carbocycles. The molecule has 0 saturated carbocycles. The van der Waals surface area contributed by atoms with Crippen LogP contribution in [0.5, 0.6) is 5.75 Å². The van der Waals surface area contributed by atoms with Gasteiger partial charge in [0.05, 0.1) is 23.2 Å². The molecule has 35 heavy (non-hydrogen) atoms. The van der Waals surface area contributed by atoms with Crippen molar-refractivity contribution in [2.45, 2.75) is 49.5 Å². The number of hydrogen-bond acceptors (Lipinski definition) is 6. The van der Waals surface area contributed by atoms with Crippen LogP contribution >= 0.6 is 11.8 Å². The molecule has 1 N–H and O–H groups in total. The summed E-state index contributed by atoms with van der Waals surface area (Å²) < 4.78 is 43.9. The molecule has 2 unspecified atom stereocenters. The van der Waals surface area contributed by atoms with Crippen LogP contribution in [-0.2, 0) is 27.4 Å². The van der Waals surface area contributed by atoms with Gasteiger partial charge in [-0.15, -0.1) is 11.8 Å². The summed E-state index contributed by atoms with van der Waals surface area (Å²) in [5.41, 5.74) is 3.13. The fraction of sp³-hybridized carbons (Fsp3) is 0.458. The van der Waals surface area contributed by atoms with Gasteiger partial charge in [-0.25, -0.2) is 4.79 Å². The van der Waals surface area contributed by atoms with Crippen LogP contribution in [0.3, 0.4) is 0 Å². The molecule has 0 bridgehead atoms. The van der Waals surface area contributed by atoms with Crippen molar-refractivity contribution in [3.8, 4) is 5.75 Å². The number of benzene rings is 1. The largest absolute Gasteiger partial charge is 0.490 e. The number of hydrogen-bond donors (Lipinski definition) is 1. The smallest absolute Gasteiger partial charge is 0.480 e. The van der Waals surface area contributed by atoms with E-state index in [2.05, 4.69) is 4.98 Å². The van der Waals surface area contributed by atoms with Crippen molar-refractivity contribution in [3.63, 3.8) is 0 Å². The minimum atomic E-state index is -5.08. The van der Waals surface area contributed by atoms with Crippen LogP contribution in [0.1, 0.15) is 23.4 Å². The van der Waals surface area contributed by atoms with Crippen molar-refractivity contribution in [1.29, 1.82) is 0 Å². The predicted octanol–water partition coefficient (Wildman–Crippen LogP) is 3.63. The molecule has 2 saturated heterocycles. The molecule has 1 aromatic heterocycles. The Morgan fingerprint density at radius 3 is 2.60 bits per heavy atom. The number of ether oxygens (including phenoxy) is 2. The highest BCUT2D eigenvalue weighted by molar-refractivity contribution is 8.01. The normalized spacial score (nSPS) is 22.0. The summed E-state index contributed by atoms with van der Waals surface area (Å²) in [5.74, 6) is -0.799. The zero-order valence-electron chi connectivity index (χ0n) is 19.0. The van der Waals surface area contributed by atoms with E-state index in [4.69, 9.17) is 19.4 Å². The second-order valence-electron chi connectivity index (χ2n) is 8.82. The van der Waals surface area contributed by atoms with Crippen LogP contribution in [0, 0.1) is 6.92 Å². The topological polar surface area (TPSA) is 89.0 Å². The number of alkyl halides is 3. The fourth-order valence-electron chi connectivity index (χ4n) is 4.34. The summed E-state index contributed by atoms with van der Waals surface area (Å²) in [6, 6.07) is 14.0. The number of carboxylic acids is 1. The molecule has 2 aromatic rings. The Bertz CT molecular complexity index is 1070. The van der Waals surface area contributed by atoms with E-state index < -0.39 is 12.1 Å². The van der Waals surface area contributed by atoms with Gasteiger partial charge >= 0.3 is 12.1 Å². The summed E-state index contributed by atoms with van der Waals surface area (Å²) >= 11 is 1.95. The lowest BCUT2D eigenvalue weighted by atomic mass is 9.92. The second kappa shape index (κ2) is 10.1. The lowest BCUT2D eigenvalue weighted by molar-refractivity contribution is -0.192. The van der Waals surface area contributed by atoms with Crippen LogP contribution in [0.25, 0.3) is 0 Å². The maximum atomic E-state index is 12.8. The monoisotopic (exact) mass is 510 g/mol. The molecule has 4 heterocycles. The van der Waals surface area contributed by atoms with E-state index in [0.29, 0.717) is 13.0 Å². The van der Waals surface area contributed by atoms with Gasteiger partial charge in [0.1, 0.15) is 5.75 Å². The van der Waals surface area contributed by atoms with Crippen LogP contribution in [0.4, 0.5) is 13.2 Å². The van der Waals surface area contributed by atoms with Crippen molar-refractivity contribution >= 4 is 23.6 Å². The number of carbonyl (C=O) groups is 2. The molecule has 1 amide bonds. The van der Waals surface area contributed by atoms with E-state index >= 15 is 0 Å². The standard InChI is InChI=1S/C22H24N2O3S.C2HF3O2/c1-15-5-4-7-17(23-15)11-26-18-10-22(28-12-18)13-24(14-22)21(25)20-9-16-6-2-3-8-19(16)27-20;3-2(4,5)1(6)7/h2-8,18,20H,9-14H2,1H3;(H,6,7). The van der Waals surface area contributed by atoms with Gasteiger partial charge in [-0.05, 0) is 37.1 Å². The second-order valence-corrected chi connectivity index (χ2v) is 10.3. The zero-order chi connectivity index (χ0) is 25.2. The number of halogens is 3. The third-order valence-corrected chi connectivity index (χ3v) is 7.60. The average Bonchev–Trinajstić information content (AvgIpc) is 3.41. The first-order chi connectivity index (χ1) is 16.5. The number of aliphatic carboxylic acids is 1. The first-order valence-corrected chi connectivity index (χ1v) is 12.0. The molecule has 7 nitrogen and oxygen atoms in total. The molecule has 2 fully saturated rings. The molecule has 2 atom stereocenters. The number of fused-ring (bicyclic) bond motifs is 1. The number of amides is 1. The Hall–Kier alpha value is -2.79. The lowest BCUT2D eigenvalue weighted by Gasteiger charge is -2.48. The van der Waals surface area contributed by atoms with Crippen LogP contribution in [0.15, 0.2) is 42.5 Å². The Balaban J connectivity index is 0.000000364. The molecule has 188 valence electrons. The Labute approximate surface area is 204 Å². The summed E-state index contributed by atoms with van der Waals surface area (Å²) in [7, 11) is 0. The third kappa shape index (κ3) is 6.07. The number of likely N-dealkylation sites (tertiary alicyclic amines) is 1. The maximum Gasteiger partial charge on any atom is 0.490 e. The molecule has 1 spiro atoms. The number of carboxylic acid groups (broad SMARTS) is 1. The number of thioether (sulfide) groups is 1. The first-order valence-electron chi connectivity index (χ1n) is 11.1.